The van der Waals surface area contributed by atoms with E-state index in [0.717, 1.165) is 12.8 Å². The number of hydrogen-bond acceptors (Lipinski definition) is 2. The lowest BCUT2D eigenvalue weighted by atomic mass is 10.0. The highest BCUT2D eigenvalue weighted by Gasteiger charge is 2.30. The molecule has 0 atom stereocenters. The second-order valence-electron chi connectivity index (χ2n) is 4.88. The van der Waals surface area contributed by atoms with Crippen LogP contribution < -0.4 is 0 Å². The van der Waals surface area contributed by atoms with Crippen LogP contribution in [0.4, 0.5) is 0 Å². The Labute approximate surface area is 119 Å². The fourth-order valence-electron chi connectivity index (χ4n) is 2.63. The van der Waals surface area contributed by atoms with Crippen molar-refractivity contribution in [2.75, 3.05) is 32.7 Å². The van der Waals surface area contributed by atoms with Crippen molar-refractivity contribution in [1.82, 2.24) is 4.90 Å². The Kier molecular flexibility index (Phi) is 5.23. The predicted octanol–water partition coefficient (Wildman–Crippen LogP) is 2.12. The van der Waals surface area contributed by atoms with E-state index >= 15 is 0 Å². The van der Waals surface area contributed by atoms with Crippen molar-refractivity contribution >= 4 is 17.5 Å². The summed E-state index contributed by atoms with van der Waals surface area (Å²) in [6.07, 6.45) is 1.70. The van der Waals surface area contributed by atoms with Crippen molar-refractivity contribution in [2.45, 2.75) is 12.8 Å². The second kappa shape index (κ2) is 6.92. The third-order valence-electron chi connectivity index (χ3n) is 3.63. The van der Waals surface area contributed by atoms with Crippen LogP contribution in [0.25, 0.3) is 0 Å². The average molecular weight is 282 g/mol. The van der Waals surface area contributed by atoms with Crippen LogP contribution in [0.3, 0.4) is 0 Å². The van der Waals surface area contributed by atoms with E-state index in [4.69, 9.17) is 16.3 Å². The fourth-order valence-corrected chi connectivity index (χ4v) is 2.83. The average Bonchev–Trinajstić information content (AvgIpc) is 2.86. The Bertz CT molecular complexity index is 411. The first kappa shape index (κ1) is 14.4. The maximum absolute atomic E-state index is 12.5. The molecule has 0 unspecified atom stereocenters. The molecule has 1 amide bonds. The number of amides is 1. The second-order valence-corrected chi connectivity index (χ2v) is 5.26. The van der Waals surface area contributed by atoms with Gasteiger partial charge in [0.05, 0.1) is 6.61 Å². The van der Waals surface area contributed by atoms with E-state index in [1.807, 2.05) is 17.0 Å². The molecule has 0 N–H and O–H groups in total. The number of carbonyl (C=O) groups excluding carboxylic acids is 1. The highest BCUT2D eigenvalue weighted by Crippen LogP contribution is 2.27. The van der Waals surface area contributed by atoms with Gasteiger partial charge in [0.1, 0.15) is 0 Å². The van der Waals surface area contributed by atoms with Crippen LogP contribution in [-0.4, -0.2) is 43.5 Å². The minimum Gasteiger partial charge on any atom is -0.383 e. The van der Waals surface area contributed by atoms with Gasteiger partial charge in [-0.05, 0) is 24.0 Å². The Morgan fingerprint density at radius 2 is 1.95 bits per heavy atom. The van der Waals surface area contributed by atoms with Crippen molar-refractivity contribution in [3.8, 4) is 0 Å². The van der Waals surface area contributed by atoms with Crippen LogP contribution in [0.15, 0.2) is 24.3 Å². The van der Waals surface area contributed by atoms with E-state index in [9.17, 15) is 4.79 Å². The summed E-state index contributed by atoms with van der Waals surface area (Å²) in [6, 6.07) is 8.30. The topological polar surface area (TPSA) is 29.5 Å². The van der Waals surface area contributed by atoms with Crippen LogP contribution in [0.5, 0.6) is 0 Å². The van der Waals surface area contributed by atoms with E-state index in [1.165, 1.54) is 11.1 Å². The largest absolute Gasteiger partial charge is 0.383 e. The van der Waals surface area contributed by atoms with Gasteiger partial charge >= 0.3 is 0 Å². The van der Waals surface area contributed by atoms with Crippen LogP contribution in [0, 0.1) is 5.92 Å². The lowest BCUT2D eigenvalue weighted by molar-refractivity contribution is -0.135. The van der Waals surface area contributed by atoms with Crippen LogP contribution in [0.2, 0.25) is 0 Å². The minimum atomic E-state index is 0.0671. The Morgan fingerprint density at radius 1 is 1.32 bits per heavy atom. The predicted molar refractivity (Wildman–Crippen MR) is 76.5 cm³/mol. The summed E-state index contributed by atoms with van der Waals surface area (Å²) in [5.41, 5.74) is 2.61. The van der Waals surface area contributed by atoms with Gasteiger partial charge in [-0.3, -0.25) is 4.79 Å². The lowest BCUT2D eigenvalue weighted by Crippen LogP contribution is -2.39. The Hall–Kier alpha value is -1.06. The Morgan fingerprint density at radius 3 is 2.47 bits per heavy atom. The van der Waals surface area contributed by atoms with Gasteiger partial charge in [-0.2, -0.15) is 0 Å². The number of halogens is 1. The molecule has 0 radical (unpaired) electrons. The molecular weight excluding hydrogens is 262 g/mol. The molecule has 0 aliphatic heterocycles. The molecule has 1 aromatic rings. The first-order valence-corrected chi connectivity index (χ1v) is 7.20. The van der Waals surface area contributed by atoms with Crippen molar-refractivity contribution in [3.63, 3.8) is 0 Å². The SMILES string of the molecule is COCCN(CCCl)C(=O)C1Cc2ccccc2C1. The summed E-state index contributed by atoms with van der Waals surface area (Å²) in [5, 5.41) is 0. The molecule has 1 aromatic carbocycles. The quantitative estimate of drug-likeness (QED) is 0.748. The summed E-state index contributed by atoms with van der Waals surface area (Å²) in [5.74, 6) is 0.737. The molecule has 1 aliphatic carbocycles. The fraction of sp³-hybridized carbons (Fsp3) is 0.533. The number of nitrogens with zero attached hydrogens (tertiary/aromatic N) is 1. The van der Waals surface area contributed by atoms with Gasteiger partial charge in [0.25, 0.3) is 0 Å². The van der Waals surface area contributed by atoms with Gasteiger partial charge in [-0.1, -0.05) is 24.3 Å². The van der Waals surface area contributed by atoms with Crippen molar-refractivity contribution < 1.29 is 9.53 Å². The van der Waals surface area contributed by atoms with Crippen molar-refractivity contribution in [2.24, 2.45) is 5.92 Å². The van der Waals surface area contributed by atoms with Gasteiger partial charge in [0.2, 0.25) is 5.91 Å². The summed E-state index contributed by atoms with van der Waals surface area (Å²) in [7, 11) is 1.65. The maximum Gasteiger partial charge on any atom is 0.226 e. The highest BCUT2D eigenvalue weighted by molar-refractivity contribution is 6.18. The number of hydrogen-bond donors (Lipinski definition) is 0. The summed E-state index contributed by atoms with van der Waals surface area (Å²) in [6.45, 7) is 1.77. The molecule has 0 aromatic heterocycles. The zero-order chi connectivity index (χ0) is 13.7. The molecule has 0 heterocycles. The minimum absolute atomic E-state index is 0.0671. The Balaban J connectivity index is 1.99. The molecule has 2 rings (SSSR count). The summed E-state index contributed by atoms with van der Waals surface area (Å²) < 4.78 is 5.06. The van der Waals surface area contributed by atoms with Gasteiger partial charge in [-0.25, -0.2) is 0 Å². The number of ether oxygens (including phenoxy) is 1. The van der Waals surface area contributed by atoms with E-state index in [2.05, 4.69) is 12.1 Å². The van der Waals surface area contributed by atoms with Crippen LogP contribution in [-0.2, 0) is 22.4 Å². The van der Waals surface area contributed by atoms with E-state index in [-0.39, 0.29) is 11.8 Å². The molecule has 0 saturated carbocycles. The molecule has 0 spiro atoms. The molecular formula is C15H20ClNO2. The molecule has 3 nitrogen and oxygen atoms in total. The number of rotatable bonds is 6. The van der Waals surface area contributed by atoms with Crippen LogP contribution in [0.1, 0.15) is 11.1 Å². The van der Waals surface area contributed by atoms with Crippen LogP contribution >= 0.6 is 11.6 Å². The molecule has 19 heavy (non-hydrogen) atoms. The molecule has 0 saturated heterocycles. The van der Waals surface area contributed by atoms with E-state index < -0.39 is 0 Å². The zero-order valence-corrected chi connectivity index (χ0v) is 12.0. The number of methoxy groups -OCH3 is 1. The zero-order valence-electron chi connectivity index (χ0n) is 11.3. The first-order valence-electron chi connectivity index (χ1n) is 6.66. The number of carbonyl (C=O) groups is 1. The summed E-state index contributed by atoms with van der Waals surface area (Å²) in [4.78, 5) is 14.3. The molecule has 1 aliphatic rings. The van der Waals surface area contributed by atoms with Crippen molar-refractivity contribution in [3.05, 3.63) is 35.4 Å². The van der Waals surface area contributed by atoms with Gasteiger partial charge < -0.3 is 9.64 Å². The van der Waals surface area contributed by atoms with Crippen molar-refractivity contribution in [1.29, 1.82) is 0 Å². The molecule has 104 valence electrons. The molecule has 4 heteroatoms. The third kappa shape index (κ3) is 3.48. The molecule has 0 fully saturated rings. The van der Waals surface area contributed by atoms with Gasteiger partial charge in [-0.15, -0.1) is 11.6 Å². The van der Waals surface area contributed by atoms with E-state index in [1.54, 1.807) is 7.11 Å². The van der Waals surface area contributed by atoms with Gasteiger partial charge in [0.15, 0.2) is 0 Å². The number of fused-ring (bicyclic) bond motifs is 1. The lowest BCUT2D eigenvalue weighted by Gasteiger charge is -2.24. The third-order valence-corrected chi connectivity index (χ3v) is 3.80. The maximum atomic E-state index is 12.5. The standard InChI is InChI=1S/C15H20ClNO2/c1-19-9-8-17(7-6-16)15(18)14-10-12-4-2-3-5-13(12)11-14/h2-5,14H,6-11H2,1H3. The summed E-state index contributed by atoms with van der Waals surface area (Å²) >= 11 is 5.78. The molecule has 0 bridgehead atoms. The first-order chi connectivity index (χ1) is 9.26. The number of alkyl halides is 1. The smallest absolute Gasteiger partial charge is 0.226 e. The normalized spacial score (nSPS) is 14.4. The number of benzene rings is 1. The van der Waals surface area contributed by atoms with E-state index in [0.29, 0.717) is 25.6 Å². The highest BCUT2D eigenvalue weighted by atomic mass is 35.5. The monoisotopic (exact) mass is 281 g/mol. The van der Waals surface area contributed by atoms with Gasteiger partial charge in [0, 0.05) is 32.0 Å².